The predicted molar refractivity (Wildman–Crippen MR) is 62.1 cm³/mol. The second-order valence-electron chi connectivity index (χ2n) is 3.99. The average molecular weight is 218 g/mol. The molecule has 2 unspecified atom stereocenters. The topological polar surface area (TPSA) is 32.3 Å². The first-order valence-electron chi connectivity index (χ1n) is 5.49. The van der Waals surface area contributed by atoms with Crippen molar-refractivity contribution in [3.8, 4) is 0 Å². The highest BCUT2D eigenvalue weighted by Crippen LogP contribution is 2.07. The maximum absolute atomic E-state index is 11.2. The molecule has 0 aliphatic carbocycles. The van der Waals surface area contributed by atoms with Crippen molar-refractivity contribution in [1.82, 2.24) is 10.2 Å². The molecule has 3 nitrogen and oxygen atoms in total. The Morgan fingerprint density at radius 1 is 1.57 bits per heavy atom. The number of likely N-dealkylation sites (tertiary alicyclic amines) is 1. The summed E-state index contributed by atoms with van der Waals surface area (Å²) in [6.07, 6.45) is 2.55. The highest BCUT2D eigenvalue weighted by Gasteiger charge is 2.15. The molecule has 2 atom stereocenters. The molecule has 1 aliphatic heterocycles. The highest BCUT2D eigenvalue weighted by atomic mass is 32.2. The quantitative estimate of drug-likeness (QED) is 0.727. The molecule has 0 saturated carbocycles. The van der Waals surface area contributed by atoms with Gasteiger partial charge in [-0.15, -0.1) is 0 Å². The minimum Gasteiger partial charge on any atom is -0.312 e. The maximum Gasteiger partial charge on any atom is 0.0360 e. The van der Waals surface area contributed by atoms with Crippen LogP contribution in [0.4, 0.5) is 0 Å². The molecule has 1 fully saturated rings. The molecule has 0 bridgehead atoms. The Morgan fingerprint density at radius 3 is 3.00 bits per heavy atom. The summed E-state index contributed by atoms with van der Waals surface area (Å²) in [6.45, 7) is 5.24. The number of hydrogen-bond donors (Lipinski definition) is 1. The summed E-state index contributed by atoms with van der Waals surface area (Å²) in [7, 11) is 1.55. The van der Waals surface area contributed by atoms with Gasteiger partial charge in [-0.25, -0.2) is 0 Å². The number of hydrogen-bond acceptors (Lipinski definition) is 3. The Kier molecular flexibility index (Phi) is 5.67. The highest BCUT2D eigenvalue weighted by molar-refractivity contribution is 7.84. The van der Waals surface area contributed by atoms with Crippen LogP contribution in [0.25, 0.3) is 0 Å². The molecule has 4 heteroatoms. The molecule has 0 aromatic carbocycles. The Morgan fingerprint density at radius 2 is 2.36 bits per heavy atom. The van der Waals surface area contributed by atoms with E-state index in [-0.39, 0.29) is 0 Å². The largest absolute Gasteiger partial charge is 0.312 e. The Hall–Kier alpha value is 0.0700. The lowest BCUT2D eigenvalue weighted by Crippen LogP contribution is -2.45. The SMILES string of the molecule is CCS(=O)CCNC1CCCN(C)C1. The van der Waals surface area contributed by atoms with Gasteiger partial charge < -0.3 is 10.2 Å². The van der Waals surface area contributed by atoms with Crippen molar-refractivity contribution in [3.05, 3.63) is 0 Å². The predicted octanol–water partition coefficient (Wildman–Crippen LogP) is 0.439. The van der Waals surface area contributed by atoms with Crippen LogP contribution in [0.15, 0.2) is 0 Å². The van der Waals surface area contributed by atoms with E-state index in [1.54, 1.807) is 0 Å². The summed E-state index contributed by atoms with van der Waals surface area (Å²) in [5.41, 5.74) is 0. The van der Waals surface area contributed by atoms with Crippen LogP contribution >= 0.6 is 0 Å². The van der Waals surface area contributed by atoms with E-state index in [1.165, 1.54) is 19.4 Å². The van der Waals surface area contributed by atoms with Gasteiger partial charge in [0.15, 0.2) is 0 Å². The fraction of sp³-hybridized carbons (Fsp3) is 1.00. The van der Waals surface area contributed by atoms with Crippen LogP contribution in [0.1, 0.15) is 19.8 Å². The van der Waals surface area contributed by atoms with E-state index in [2.05, 4.69) is 17.3 Å². The summed E-state index contributed by atoms with van der Waals surface area (Å²) < 4.78 is 11.2. The molecule has 0 aromatic heterocycles. The van der Waals surface area contributed by atoms with Gasteiger partial charge in [-0.2, -0.15) is 0 Å². The van der Waals surface area contributed by atoms with Crippen LogP contribution in [-0.2, 0) is 10.8 Å². The number of nitrogens with one attached hydrogen (secondary N) is 1. The molecule has 1 heterocycles. The molecule has 0 spiro atoms. The lowest BCUT2D eigenvalue weighted by atomic mass is 10.1. The van der Waals surface area contributed by atoms with E-state index in [9.17, 15) is 4.21 Å². The number of likely N-dealkylation sites (N-methyl/N-ethyl adjacent to an activating group) is 1. The summed E-state index contributed by atoms with van der Waals surface area (Å²) in [5, 5.41) is 3.48. The number of nitrogens with zero attached hydrogens (tertiary/aromatic N) is 1. The first-order valence-corrected chi connectivity index (χ1v) is 6.98. The van der Waals surface area contributed by atoms with Gasteiger partial charge in [-0.3, -0.25) is 4.21 Å². The number of rotatable bonds is 5. The molecule has 84 valence electrons. The Labute approximate surface area is 89.7 Å². The molecule has 14 heavy (non-hydrogen) atoms. The first-order chi connectivity index (χ1) is 6.72. The zero-order valence-electron chi connectivity index (χ0n) is 9.29. The fourth-order valence-corrected chi connectivity index (χ4v) is 2.49. The maximum atomic E-state index is 11.2. The molecule has 0 aromatic rings. The fourth-order valence-electron chi connectivity index (χ4n) is 1.85. The molecule has 1 aliphatic rings. The van der Waals surface area contributed by atoms with Crippen LogP contribution in [0.3, 0.4) is 0 Å². The molecule has 1 N–H and O–H groups in total. The Balaban J connectivity index is 2.08. The van der Waals surface area contributed by atoms with Gasteiger partial charge >= 0.3 is 0 Å². The molecular weight excluding hydrogens is 196 g/mol. The van der Waals surface area contributed by atoms with E-state index >= 15 is 0 Å². The molecule has 0 amide bonds. The van der Waals surface area contributed by atoms with Gasteiger partial charge in [-0.1, -0.05) is 6.92 Å². The van der Waals surface area contributed by atoms with Gasteiger partial charge in [0.1, 0.15) is 0 Å². The zero-order chi connectivity index (χ0) is 10.4. The lowest BCUT2D eigenvalue weighted by Gasteiger charge is -2.30. The van der Waals surface area contributed by atoms with Crippen molar-refractivity contribution >= 4 is 10.8 Å². The van der Waals surface area contributed by atoms with E-state index in [4.69, 9.17) is 0 Å². The van der Waals surface area contributed by atoms with Crippen molar-refractivity contribution in [1.29, 1.82) is 0 Å². The number of piperidine rings is 1. The van der Waals surface area contributed by atoms with Crippen molar-refractivity contribution in [2.75, 3.05) is 38.2 Å². The summed E-state index contributed by atoms with van der Waals surface area (Å²) >= 11 is 0. The van der Waals surface area contributed by atoms with Crippen molar-refractivity contribution in [2.24, 2.45) is 0 Å². The minimum atomic E-state index is -0.616. The van der Waals surface area contributed by atoms with Crippen molar-refractivity contribution in [3.63, 3.8) is 0 Å². The van der Waals surface area contributed by atoms with E-state index in [1.807, 2.05) is 6.92 Å². The molecule has 0 radical (unpaired) electrons. The second kappa shape index (κ2) is 6.53. The van der Waals surface area contributed by atoms with Gasteiger partial charge in [0, 0.05) is 41.4 Å². The first kappa shape index (κ1) is 12.1. The monoisotopic (exact) mass is 218 g/mol. The normalized spacial score (nSPS) is 26.3. The summed E-state index contributed by atoms with van der Waals surface area (Å²) in [5.74, 6) is 1.59. The average Bonchev–Trinajstić information content (AvgIpc) is 2.17. The smallest absolute Gasteiger partial charge is 0.0360 e. The Bertz CT molecular complexity index is 187. The molecule has 1 rings (SSSR count). The summed E-state index contributed by atoms with van der Waals surface area (Å²) in [6, 6.07) is 0.614. The molecular formula is C10H22N2OS. The van der Waals surface area contributed by atoms with Crippen LogP contribution in [0.5, 0.6) is 0 Å². The van der Waals surface area contributed by atoms with Crippen molar-refractivity contribution < 1.29 is 4.21 Å². The van der Waals surface area contributed by atoms with Gasteiger partial charge in [-0.05, 0) is 26.4 Å². The standard InChI is InChI=1S/C10H22N2OS/c1-3-14(13)8-6-11-10-5-4-7-12(2)9-10/h10-11H,3-9H2,1-2H3. The van der Waals surface area contributed by atoms with Crippen LogP contribution in [0.2, 0.25) is 0 Å². The third kappa shape index (κ3) is 4.53. The third-order valence-corrected chi connectivity index (χ3v) is 4.01. The van der Waals surface area contributed by atoms with E-state index in [0.29, 0.717) is 6.04 Å². The van der Waals surface area contributed by atoms with Gasteiger partial charge in [0.25, 0.3) is 0 Å². The minimum absolute atomic E-state index is 0.614. The van der Waals surface area contributed by atoms with E-state index < -0.39 is 10.8 Å². The zero-order valence-corrected chi connectivity index (χ0v) is 10.1. The molecule has 1 saturated heterocycles. The van der Waals surface area contributed by atoms with E-state index in [0.717, 1.165) is 24.6 Å². The van der Waals surface area contributed by atoms with Crippen LogP contribution in [-0.4, -0.2) is 53.3 Å². The second-order valence-corrected chi connectivity index (χ2v) is 5.85. The van der Waals surface area contributed by atoms with Crippen LogP contribution < -0.4 is 5.32 Å². The van der Waals surface area contributed by atoms with Crippen molar-refractivity contribution in [2.45, 2.75) is 25.8 Å². The lowest BCUT2D eigenvalue weighted by molar-refractivity contribution is 0.229. The van der Waals surface area contributed by atoms with Gasteiger partial charge in [0.05, 0.1) is 0 Å². The summed E-state index contributed by atoms with van der Waals surface area (Å²) in [4.78, 5) is 2.36. The third-order valence-electron chi connectivity index (χ3n) is 2.71. The van der Waals surface area contributed by atoms with Gasteiger partial charge in [0.2, 0.25) is 0 Å². The van der Waals surface area contributed by atoms with Crippen LogP contribution in [0, 0.1) is 0 Å².